The van der Waals surface area contributed by atoms with Crippen LogP contribution in [0.4, 0.5) is 0 Å². The molecule has 1 atom stereocenters. The van der Waals surface area contributed by atoms with E-state index in [1.165, 1.54) is 16.7 Å². The monoisotopic (exact) mass is 249 g/mol. The van der Waals surface area contributed by atoms with Crippen LogP contribution in [0.3, 0.4) is 0 Å². The highest BCUT2D eigenvalue weighted by Crippen LogP contribution is 2.19. The maximum absolute atomic E-state index is 5.62. The minimum absolute atomic E-state index is 0.158. The zero-order valence-electron chi connectivity index (χ0n) is 12.6. The van der Waals surface area contributed by atoms with Gasteiger partial charge in [0.2, 0.25) is 0 Å². The molecule has 2 nitrogen and oxygen atoms in total. The van der Waals surface area contributed by atoms with E-state index in [0.717, 1.165) is 13.0 Å². The Morgan fingerprint density at radius 2 is 1.89 bits per heavy atom. The molecule has 0 spiro atoms. The molecule has 1 aromatic carbocycles. The quantitative estimate of drug-likeness (QED) is 0.835. The Kier molecular flexibility index (Phi) is 5.36. The van der Waals surface area contributed by atoms with Gasteiger partial charge >= 0.3 is 0 Å². The van der Waals surface area contributed by atoms with E-state index in [1.54, 1.807) is 7.11 Å². The van der Waals surface area contributed by atoms with Crippen LogP contribution in [0.1, 0.15) is 37.5 Å². The van der Waals surface area contributed by atoms with Gasteiger partial charge in [-0.1, -0.05) is 25.1 Å². The van der Waals surface area contributed by atoms with Gasteiger partial charge in [-0.2, -0.15) is 0 Å². The summed E-state index contributed by atoms with van der Waals surface area (Å²) in [6, 6.07) is 7.03. The Bertz CT molecular complexity index is 385. The molecule has 0 heterocycles. The van der Waals surface area contributed by atoms with E-state index in [-0.39, 0.29) is 5.60 Å². The van der Waals surface area contributed by atoms with Crippen LogP contribution >= 0.6 is 0 Å². The molecule has 0 amide bonds. The third-order valence-corrected chi connectivity index (χ3v) is 3.83. The van der Waals surface area contributed by atoms with Gasteiger partial charge in [0.1, 0.15) is 0 Å². The van der Waals surface area contributed by atoms with Gasteiger partial charge in [0.25, 0.3) is 0 Å². The van der Waals surface area contributed by atoms with Gasteiger partial charge in [-0.05, 0) is 57.4 Å². The highest BCUT2D eigenvalue weighted by atomic mass is 16.5. The second-order valence-electron chi connectivity index (χ2n) is 5.54. The van der Waals surface area contributed by atoms with Crippen molar-refractivity contribution in [2.24, 2.45) is 0 Å². The lowest BCUT2D eigenvalue weighted by atomic mass is 9.91. The Hall–Kier alpha value is -0.860. The van der Waals surface area contributed by atoms with E-state index in [2.05, 4.69) is 58.1 Å². The zero-order chi connectivity index (χ0) is 13.8. The van der Waals surface area contributed by atoms with E-state index in [4.69, 9.17) is 4.74 Å². The fraction of sp³-hybridized carbons (Fsp3) is 0.625. The molecule has 0 bridgehead atoms. The predicted octanol–water partition coefficient (Wildman–Crippen LogP) is 3.25. The summed E-state index contributed by atoms with van der Waals surface area (Å²) in [5.74, 6) is 0. The fourth-order valence-corrected chi connectivity index (χ4v) is 2.12. The minimum Gasteiger partial charge on any atom is -0.377 e. The summed E-state index contributed by atoms with van der Waals surface area (Å²) in [6.45, 7) is 11.7. The van der Waals surface area contributed by atoms with Crippen molar-refractivity contribution in [3.63, 3.8) is 0 Å². The molecule has 18 heavy (non-hydrogen) atoms. The summed E-state index contributed by atoms with van der Waals surface area (Å²) < 4.78 is 5.62. The van der Waals surface area contributed by atoms with Crippen molar-refractivity contribution in [2.45, 2.75) is 52.7 Å². The van der Waals surface area contributed by atoms with Crippen LogP contribution in [0.15, 0.2) is 18.2 Å². The molecule has 102 valence electrons. The Morgan fingerprint density at radius 3 is 2.39 bits per heavy atom. The Morgan fingerprint density at radius 1 is 1.22 bits per heavy atom. The molecule has 0 saturated carbocycles. The summed E-state index contributed by atoms with van der Waals surface area (Å²) >= 11 is 0. The predicted molar refractivity (Wildman–Crippen MR) is 78.2 cm³/mol. The molecular formula is C16H27NO. The van der Waals surface area contributed by atoms with Gasteiger partial charge in [-0.15, -0.1) is 0 Å². The number of methoxy groups -OCH3 is 1. The lowest BCUT2D eigenvalue weighted by Gasteiger charge is -2.34. The average Bonchev–Trinajstić information content (AvgIpc) is 2.33. The molecule has 2 heteroatoms. The lowest BCUT2D eigenvalue weighted by Crippen LogP contribution is -2.49. The highest BCUT2D eigenvalue weighted by molar-refractivity contribution is 5.30. The van der Waals surface area contributed by atoms with Crippen LogP contribution in [0.25, 0.3) is 0 Å². The molecule has 0 radical (unpaired) electrons. The van der Waals surface area contributed by atoms with Crippen molar-refractivity contribution < 1.29 is 4.74 Å². The van der Waals surface area contributed by atoms with Crippen molar-refractivity contribution >= 4 is 0 Å². The molecular weight excluding hydrogens is 222 g/mol. The van der Waals surface area contributed by atoms with Gasteiger partial charge in [-0.25, -0.2) is 0 Å². The largest absolute Gasteiger partial charge is 0.377 e. The van der Waals surface area contributed by atoms with Gasteiger partial charge < -0.3 is 10.1 Å². The van der Waals surface area contributed by atoms with Crippen LogP contribution in [0.5, 0.6) is 0 Å². The summed E-state index contributed by atoms with van der Waals surface area (Å²) in [7, 11) is 1.78. The second kappa shape index (κ2) is 6.35. The molecule has 1 unspecified atom stereocenters. The van der Waals surface area contributed by atoms with Crippen molar-refractivity contribution in [3.8, 4) is 0 Å². The molecule has 0 aliphatic heterocycles. The summed E-state index contributed by atoms with van der Waals surface area (Å²) in [5.41, 5.74) is 3.92. The SMILES string of the molecule is CCNC(Cc1ccc(C)c(C)c1)C(C)(C)OC. The Balaban J connectivity index is 2.86. The topological polar surface area (TPSA) is 21.3 Å². The smallest absolute Gasteiger partial charge is 0.0778 e. The fourth-order valence-electron chi connectivity index (χ4n) is 2.12. The summed E-state index contributed by atoms with van der Waals surface area (Å²) in [4.78, 5) is 0. The van der Waals surface area contributed by atoms with Gasteiger partial charge in [0.05, 0.1) is 5.60 Å². The van der Waals surface area contributed by atoms with Gasteiger partial charge in [0, 0.05) is 13.2 Å². The number of hydrogen-bond acceptors (Lipinski definition) is 2. The number of aryl methyl sites for hydroxylation is 2. The van der Waals surface area contributed by atoms with Gasteiger partial charge in [-0.3, -0.25) is 0 Å². The summed E-state index contributed by atoms with van der Waals surface area (Å²) in [5, 5.41) is 3.53. The van der Waals surface area contributed by atoms with Crippen molar-refractivity contribution in [2.75, 3.05) is 13.7 Å². The van der Waals surface area contributed by atoms with Gasteiger partial charge in [0.15, 0.2) is 0 Å². The second-order valence-corrected chi connectivity index (χ2v) is 5.54. The van der Waals surface area contributed by atoms with Crippen LogP contribution in [-0.2, 0) is 11.2 Å². The Labute approximate surface area is 112 Å². The van der Waals surface area contributed by atoms with Crippen LogP contribution in [0.2, 0.25) is 0 Å². The van der Waals surface area contributed by atoms with Crippen LogP contribution in [0, 0.1) is 13.8 Å². The first-order valence-corrected chi connectivity index (χ1v) is 6.75. The van der Waals surface area contributed by atoms with Crippen molar-refractivity contribution in [1.29, 1.82) is 0 Å². The van der Waals surface area contributed by atoms with E-state index in [9.17, 15) is 0 Å². The van der Waals surface area contributed by atoms with E-state index in [1.807, 2.05) is 0 Å². The molecule has 1 rings (SSSR count). The van der Waals surface area contributed by atoms with Crippen molar-refractivity contribution in [1.82, 2.24) is 5.32 Å². The first-order valence-electron chi connectivity index (χ1n) is 6.75. The lowest BCUT2D eigenvalue weighted by molar-refractivity contribution is -0.00960. The number of benzene rings is 1. The summed E-state index contributed by atoms with van der Waals surface area (Å²) in [6.07, 6.45) is 0.996. The third kappa shape index (κ3) is 3.82. The van der Waals surface area contributed by atoms with E-state index >= 15 is 0 Å². The van der Waals surface area contributed by atoms with Crippen LogP contribution in [-0.4, -0.2) is 25.3 Å². The molecule has 0 aliphatic rings. The normalized spacial score (nSPS) is 13.7. The molecule has 0 saturated heterocycles. The standard InChI is InChI=1S/C16H27NO/c1-7-17-15(16(4,5)18-6)11-14-9-8-12(2)13(3)10-14/h8-10,15,17H,7,11H2,1-6H3. The molecule has 0 fully saturated rings. The number of nitrogens with one attached hydrogen (secondary N) is 1. The maximum atomic E-state index is 5.62. The number of rotatable bonds is 6. The van der Waals surface area contributed by atoms with E-state index in [0.29, 0.717) is 6.04 Å². The third-order valence-electron chi connectivity index (χ3n) is 3.83. The van der Waals surface area contributed by atoms with E-state index < -0.39 is 0 Å². The van der Waals surface area contributed by atoms with Crippen LogP contribution < -0.4 is 5.32 Å². The first kappa shape index (κ1) is 15.2. The average molecular weight is 249 g/mol. The zero-order valence-corrected chi connectivity index (χ0v) is 12.6. The number of hydrogen-bond donors (Lipinski definition) is 1. The highest BCUT2D eigenvalue weighted by Gasteiger charge is 2.28. The minimum atomic E-state index is -0.158. The molecule has 0 aliphatic carbocycles. The molecule has 1 aromatic rings. The molecule has 0 aromatic heterocycles. The number of ether oxygens (including phenoxy) is 1. The van der Waals surface area contributed by atoms with Crippen molar-refractivity contribution in [3.05, 3.63) is 34.9 Å². The molecule has 1 N–H and O–H groups in total. The number of likely N-dealkylation sites (N-methyl/N-ethyl adjacent to an activating group) is 1. The maximum Gasteiger partial charge on any atom is 0.0778 e. The first-order chi connectivity index (χ1) is 8.40.